The Labute approximate surface area is 102 Å². The summed E-state index contributed by atoms with van der Waals surface area (Å²) in [5.41, 5.74) is 6.33. The number of aromatic nitrogens is 2. The number of hydrogen-bond acceptors (Lipinski definition) is 3. The number of carbonyl (C=O) groups excluding carboxylic acids is 1. The van der Waals surface area contributed by atoms with E-state index >= 15 is 0 Å². The lowest BCUT2D eigenvalue weighted by Gasteiger charge is -2.28. The van der Waals surface area contributed by atoms with Crippen LogP contribution in [0.3, 0.4) is 0 Å². The van der Waals surface area contributed by atoms with Gasteiger partial charge in [-0.3, -0.25) is 4.79 Å². The number of H-pyrrole nitrogens is 1. The summed E-state index contributed by atoms with van der Waals surface area (Å²) in [4.78, 5) is 19.0. The summed E-state index contributed by atoms with van der Waals surface area (Å²) >= 11 is 0. The third-order valence-corrected chi connectivity index (χ3v) is 3.46. The highest BCUT2D eigenvalue weighted by Crippen LogP contribution is 2.24. The third-order valence-electron chi connectivity index (χ3n) is 3.46. The van der Waals surface area contributed by atoms with Crippen LogP contribution in [0.5, 0.6) is 0 Å². The second-order valence-corrected chi connectivity index (χ2v) is 4.27. The molecule has 1 aromatic rings. The molecule has 17 heavy (non-hydrogen) atoms. The molecule has 0 aromatic carbocycles. The first-order valence-corrected chi connectivity index (χ1v) is 6.14. The van der Waals surface area contributed by atoms with Gasteiger partial charge in [0.15, 0.2) is 0 Å². The summed E-state index contributed by atoms with van der Waals surface area (Å²) in [6.07, 6.45) is 5.72. The van der Waals surface area contributed by atoms with Gasteiger partial charge < -0.3 is 16.0 Å². The lowest BCUT2D eigenvalue weighted by molar-refractivity contribution is -0.131. The summed E-state index contributed by atoms with van der Waals surface area (Å²) in [6.45, 7) is 5.02. The van der Waals surface area contributed by atoms with Crippen molar-refractivity contribution in [2.24, 2.45) is 11.1 Å². The van der Waals surface area contributed by atoms with Crippen molar-refractivity contribution in [3.05, 3.63) is 18.2 Å². The predicted molar refractivity (Wildman–Crippen MR) is 67.4 cm³/mol. The minimum atomic E-state index is -0.409. The molecule has 1 rings (SSSR count). The monoisotopic (exact) mass is 238 g/mol. The van der Waals surface area contributed by atoms with Gasteiger partial charge in [-0.1, -0.05) is 13.8 Å². The first-order valence-electron chi connectivity index (χ1n) is 6.14. The fourth-order valence-electron chi connectivity index (χ4n) is 1.87. The van der Waals surface area contributed by atoms with E-state index in [0.29, 0.717) is 13.1 Å². The van der Waals surface area contributed by atoms with Crippen molar-refractivity contribution in [3.63, 3.8) is 0 Å². The summed E-state index contributed by atoms with van der Waals surface area (Å²) in [6, 6.07) is 0. The van der Waals surface area contributed by atoms with Crippen LogP contribution in [0, 0.1) is 5.41 Å². The molecule has 0 aliphatic carbocycles. The van der Waals surface area contributed by atoms with Crippen LogP contribution in [0.4, 0.5) is 0 Å². The largest absolute Gasteiger partial charge is 0.355 e. The normalized spacial score (nSPS) is 11.5. The Morgan fingerprint density at radius 1 is 1.53 bits per heavy atom. The second kappa shape index (κ2) is 6.39. The quantitative estimate of drug-likeness (QED) is 0.658. The average Bonchev–Trinajstić information content (AvgIpc) is 2.85. The van der Waals surface area contributed by atoms with E-state index in [1.807, 2.05) is 13.8 Å². The van der Waals surface area contributed by atoms with Gasteiger partial charge in [-0.25, -0.2) is 4.98 Å². The molecule has 0 unspecified atom stereocenters. The van der Waals surface area contributed by atoms with Crippen LogP contribution in [0.1, 0.15) is 32.4 Å². The summed E-state index contributed by atoms with van der Waals surface area (Å²) in [5, 5.41) is 2.95. The van der Waals surface area contributed by atoms with Crippen molar-refractivity contribution in [1.29, 1.82) is 0 Å². The van der Waals surface area contributed by atoms with Gasteiger partial charge in [0.05, 0.1) is 11.7 Å². The van der Waals surface area contributed by atoms with E-state index in [2.05, 4.69) is 15.3 Å². The molecule has 96 valence electrons. The van der Waals surface area contributed by atoms with Gasteiger partial charge in [0, 0.05) is 31.4 Å². The van der Waals surface area contributed by atoms with E-state index in [0.717, 1.165) is 25.0 Å². The van der Waals surface area contributed by atoms with Crippen molar-refractivity contribution >= 4 is 5.91 Å². The molecular weight excluding hydrogens is 216 g/mol. The van der Waals surface area contributed by atoms with Gasteiger partial charge in [-0.15, -0.1) is 0 Å². The molecule has 0 fully saturated rings. The van der Waals surface area contributed by atoms with Gasteiger partial charge in [-0.05, 0) is 12.8 Å². The van der Waals surface area contributed by atoms with E-state index in [4.69, 9.17) is 5.73 Å². The van der Waals surface area contributed by atoms with Gasteiger partial charge in [0.25, 0.3) is 0 Å². The minimum absolute atomic E-state index is 0.0597. The molecule has 0 radical (unpaired) electrons. The topological polar surface area (TPSA) is 83.8 Å². The molecule has 0 aliphatic rings. The zero-order valence-corrected chi connectivity index (χ0v) is 10.6. The highest BCUT2D eigenvalue weighted by molar-refractivity contribution is 5.82. The van der Waals surface area contributed by atoms with E-state index in [1.165, 1.54) is 0 Å². The highest BCUT2D eigenvalue weighted by Gasteiger charge is 2.32. The Kier molecular flexibility index (Phi) is 5.15. The van der Waals surface area contributed by atoms with Crippen LogP contribution in [-0.4, -0.2) is 29.0 Å². The van der Waals surface area contributed by atoms with E-state index in [-0.39, 0.29) is 5.91 Å². The number of amides is 1. The van der Waals surface area contributed by atoms with E-state index < -0.39 is 5.41 Å². The van der Waals surface area contributed by atoms with Crippen molar-refractivity contribution in [2.75, 3.05) is 13.1 Å². The van der Waals surface area contributed by atoms with Gasteiger partial charge in [0.2, 0.25) is 5.91 Å². The number of hydrogen-bond donors (Lipinski definition) is 3. The van der Waals surface area contributed by atoms with E-state index in [9.17, 15) is 4.79 Å². The molecule has 0 aliphatic heterocycles. The number of nitrogens with zero attached hydrogens (tertiary/aromatic N) is 1. The maximum atomic E-state index is 12.1. The Bertz CT molecular complexity index is 322. The average molecular weight is 238 g/mol. The van der Waals surface area contributed by atoms with Crippen molar-refractivity contribution < 1.29 is 4.79 Å². The van der Waals surface area contributed by atoms with Crippen molar-refractivity contribution in [1.82, 2.24) is 15.3 Å². The lowest BCUT2D eigenvalue weighted by atomic mass is 9.81. The molecule has 0 saturated heterocycles. The van der Waals surface area contributed by atoms with Crippen LogP contribution in [0.15, 0.2) is 12.5 Å². The van der Waals surface area contributed by atoms with Crippen molar-refractivity contribution in [3.8, 4) is 0 Å². The zero-order chi connectivity index (χ0) is 12.7. The maximum Gasteiger partial charge on any atom is 0.227 e. The lowest BCUT2D eigenvalue weighted by Crippen LogP contribution is -2.45. The molecule has 1 aromatic heterocycles. The molecule has 1 heterocycles. The molecule has 1 amide bonds. The molecule has 0 saturated carbocycles. The number of rotatable bonds is 7. The minimum Gasteiger partial charge on any atom is -0.355 e. The standard InChI is InChI=1S/C12H22N4O/c1-3-12(4-2,8-13)11(17)15-6-5-10-7-14-9-16-10/h7,9H,3-6,8,13H2,1-2H3,(H,14,16)(H,15,17). The number of nitrogens with two attached hydrogens (primary N) is 1. The summed E-state index contributed by atoms with van der Waals surface area (Å²) < 4.78 is 0. The summed E-state index contributed by atoms with van der Waals surface area (Å²) in [7, 11) is 0. The van der Waals surface area contributed by atoms with Gasteiger partial charge >= 0.3 is 0 Å². The first-order chi connectivity index (χ1) is 8.18. The molecule has 0 spiro atoms. The molecular formula is C12H22N4O. The van der Waals surface area contributed by atoms with Crippen molar-refractivity contribution in [2.45, 2.75) is 33.1 Å². The van der Waals surface area contributed by atoms with Crippen LogP contribution in [-0.2, 0) is 11.2 Å². The SMILES string of the molecule is CCC(CC)(CN)C(=O)NCCc1cnc[nH]1. The van der Waals surface area contributed by atoms with E-state index in [1.54, 1.807) is 12.5 Å². The Balaban J connectivity index is 2.42. The fraction of sp³-hybridized carbons (Fsp3) is 0.667. The smallest absolute Gasteiger partial charge is 0.227 e. The fourth-order valence-corrected chi connectivity index (χ4v) is 1.87. The second-order valence-electron chi connectivity index (χ2n) is 4.27. The highest BCUT2D eigenvalue weighted by atomic mass is 16.2. The summed E-state index contributed by atoms with van der Waals surface area (Å²) in [5.74, 6) is 0.0597. The Morgan fingerprint density at radius 2 is 2.24 bits per heavy atom. The first kappa shape index (κ1) is 13.7. The van der Waals surface area contributed by atoms with Gasteiger partial charge in [0.1, 0.15) is 0 Å². The number of nitrogens with one attached hydrogen (secondary N) is 2. The molecule has 0 bridgehead atoms. The van der Waals surface area contributed by atoms with Crippen LogP contribution in [0.2, 0.25) is 0 Å². The Morgan fingerprint density at radius 3 is 2.71 bits per heavy atom. The third kappa shape index (κ3) is 3.30. The predicted octanol–water partition coefficient (Wildman–Crippen LogP) is 0.833. The zero-order valence-electron chi connectivity index (χ0n) is 10.6. The van der Waals surface area contributed by atoms with Crippen LogP contribution >= 0.6 is 0 Å². The Hall–Kier alpha value is -1.36. The molecule has 5 heteroatoms. The van der Waals surface area contributed by atoms with Crippen LogP contribution in [0.25, 0.3) is 0 Å². The van der Waals surface area contributed by atoms with Crippen LogP contribution < -0.4 is 11.1 Å². The molecule has 5 nitrogen and oxygen atoms in total. The number of aromatic amines is 1. The maximum absolute atomic E-state index is 12.1. The number of imidazole rings is 1. The molecule has 4 N–H and O–H groups in total. The van der Waals surface area contributed by atoms with Gasteiger partial charge in [-0.2, -0.15) is 0 Å². The number of carbonyl (C=O) groups is 1. The molecule has 0 atom stereocenters.